The first-order valence-electron chi connectivity index (χ1n) is 5.85. The van der Waals surface area contributed by atoms with Crippen LogP contribution >= 0.6 is 0 Å². The zero-order chi connectivity index (χ0) is 13.8. The van der Waals surface area contributed by atoms with Crippen LogP contribution in [0.3, 0.4) is 0 Å². The maximum atomic E-state index is 11.0. The molecule has 1 aromatic heterocycles. The van der Waals surface area contributed by atoms with Gasteiger partial charge in [0.2, 0.25) is 0 Å². The second-order valence-electron chi connectivity index (χ2n) is 4.20. The summed E-state index contributed by atoms with van der Waals surface area (Å²) in [5, 5.41) is 3.86. The number of hydrogen-bond donors (Lipinski definition) is 2. The van der Waals surface area contributed by atoms with E-state index in [1.165, 1.54) is 0 Å². The number of fused-ring (bicyclic) bond motifs is 1. The van der Waals surface area contributed by atoms with E-state index < -0.39 is 0 Å². The fraction of sp³-hybridized carbons (Fsp3) is 0.143. The van der Waals surface area contributed by atoms with Gasteiger partial charge in [-0.3, -0.25) is 9.79 Å². The Morgan fingerprint density at radius 2 is 2.21 bits per heavy atom. The Labute approximate surface area is 111 Å². The molecule has 5 heteroatoms. The van der Waals surface area contributed by atoms with Gasteiger partial charge in [0.05, 0.1) is 5.70 Å². The van der Waals surface area contributed by atoms with Crippen LogP contribution in [0.15, 0.2) is 41.2 Å². The van der Waals surface area contributed by atoms with E-state index in [-0.39, 0.29) is 5.96 Å². The lowest BCUT2D eigenvalue weighted by Gasteiger charge is -2.04. The molecule has 2 rings (SSSR count). The number of rotatable bonds is 3. The van der Waals surface area contributed by atoms with Crippen LogP contribution in [0, 0.1) is 0 Å². The first-order chi connectivity index (χ1) is 9.13. The Bertz CT molecular complexity index is 667. The van der Waals surface area contributed by atoms with Crippen molar-refractivity contribution in [3.05, 3.63) is 41.7 Å². The van der Waals surface area contributed by atoms with Crippen molar-refractivity contribution in [1.82, 2.24) is 9.88 Å². The lowest BCUT2D eigenvalue weighted by molar-refractivity contribution is -0.105. The highest BCUT2D eigenvalue weighted by Gasteiger charge is 2.01. The van der Waals surface area contributed by atoms with Crippen LogP contribution in [0.4, 0.5) is 0 Å². The monoisotopic (exact) mass is 256 g/mol. The van der Waals surface area contributed by atoms with Crippen molar-refractivity contribution in [2.75, 3.05) is 7.05 Å². The molecule has 0 bridgehead atoms. The molecule has 3 N–H and O–H groups in total. The van der Waals surface area contributed by atoms with Crippen LogP contribution in [-0.4, -0.2) is 23.9 Å². The first kappa shape index (κ1) is 12.9. The zero-order valence-electron chi connectivity index (χ0n) is 10.9. The zero-order valence-corrected chi connectivity index (χ0v) is 10.9. The molecular weight excluding hydrogens is 240 g/mol. The highest BCUT2D eigenvalue weighted by molar-refractivity contribution is 5.91. The molecule has 0 fully saturated rings. The number of aldehydes is 1. The molecule has 0 atom stereocenters. The van der Waals surface area contributed by atoms with Crippen LogP contribution in [0.5, 0.6) is 0 Å². The highest BCUT2D eigenvalue weighted by Crippen LogP contribution is 2.17. The summed E-state index contributed by atoms with van der Waals surface area (Å²) in [6, 6.07) is 8.01. The SMILES string of the molecule is CN=C(N)N/C(C=O)=C\c1ccc2c(ccn2C)c1. The average Bonchev–Trinajstić information content (AvgIpc) is 2.79. The minimum absolute atomic E-state index is 0.208. The molecule has 0 aliphatic rings. The summed E-state index contributed by atoms with van der Waals surface area (Å²) in [5.74, 6) is 0.208. The summed E-state index contributed by atoms with van der Waals surface area (Å²) in [4.78, 5) is 14.7. The smallest absolute Gasteiger partial charge is 0.192 e. The Hall–Kier alpha value is -2.56. The highest BCUT2D eigenvalue weighted by atomic mass is 16.1. The van der Waals surface area contributed by atoms with Gasteiger partial charge in [0.1, 0.15) is 0 Å². The predicted molar refractivity (Wildman–Crippen MR) is 77.6 cm³/mol. The molecule has 1 aromatic carbocycles. The summed E-state index contributed by atoms with van der Waals surface area (Å²) < 4.78 is 2.05. The first-order valence-corrected chi connectivity index (χ1v) is 5.85. The maximum Gasteiger partial charge on any atom is 0.192 e. The van der Waals surface area contributed by atoms with Gasteiger partial charge < -0.3 is 15.6 Å². The number of aliphatic imine (C=N–C) groups is 1. The minimum Gasteiger partial charge on any atom is -0.370 e. The van der Waals surface area contributed by atoms with E-state index in [2.05, 4.69) is 10.3 Å². The Morgan fingerprint density at radius 3 is 2.89 bits per heavy atom. The van der Waals surface area contributed by atoms with E-state index >= 15 is 0 Å². The fourth-order valence-electron chi connectivity index (χ4n) is 1.87. The van der Waals surface area contributed by atoms with Gasteiger partial charge in [-0.25, -0.2) is 0 Å². The maximum absolute atomic E-state index is 11.0. The minimum atomic E-state index is 0.208. The van der Waals surface area contributed by atoms with Crippen LogP contribution in [0.25, 0.3) is 17.0 Å². The molecule has 0 amide bonds. The van der Waals surface area contributed by atoms with E-state index in [0.717, 1.165) is 16.5 Å². The molecule has 0 unspecified atom stereocenters. The third-order valence-electron chi connectivity index (χ3n) is 2.87. The van der Waals surface area contributed by atoms with Gasteiger partial charge >= 0.3 is 0 Å². The number of aryl methyl sites for hydroxylation is 1. The van der Waals surface area contributed by atoms with Crippen molar-refractivity contribution < 1.29 is 4.79 Å². The second-order valence-corrected chi connectivity index (χ2v) is 4.20. The molecular formula is C14H16N4O. The number of carbonyl (C=O) groups excluding carboxylic acids is 1. The number of benzene rings is 1. The molecule has 0 aliphatic carbocycles. The number of nitrogens with two attached hydrogens (primary N) is 1. The molecule has 1 heterocycles. The molecule has 0 saturated heterocycles. The molecule has 19 heavy (non-hydrogen) atoms. The fourth-order valence-corrected chi connectivity index (χ4v) is 1.87. The quantitative estimate of drug-likeness (QED) is 0.376. The van der Waals surface area contributed by atoms with Gasteiger partial charge in [0, 0.05) is 31.2 Å². The summed E-state index contributed by atoms with van der Waals surface area (Å²) in [5.41, 5.74) is 7.98. The van der Waals surface area contributed by atoms with Crippen molar-refractivity contribution in [1.29, 1.82) is 0 Å². The van der Waals surface area contributed by atoms with Crippen LogP contribution in [0.2, 0.25) is 0 Å². The van der Waals surface area contributed by atoms with Gasteiger partial charge in [0.15, 0.2) is 12.2 Å². The Morgan fingerprint density at radius 1 is 1.42 bits per heavy atom. The number of nitrogens with one attached hydrogen (secondary N) is 1. The summed E-state index contributed by atoms with van der Waals surface area (Å²) in [7, 11) is 3.55. The summed E-state index contributed by atoms with van der Waals surface area (Å²) >= 11 is 0. The van der Waals surface area contributed by atoms with Crippen molar-refractivity contribution in [2.45, 2.75) is 0 Å². The van der Waals surface area contributed by atoms with Crippen LogP contribution in [-0.2, 0) is 11.8 Å². The largest absolute Gasteiger partial charge is 0.370 e. The Balaban J connectivity index is 2.35. The second kappa shape index (κ2) is 5.39. The van der Waals surface area contributed by atoms with Crippen molar-refractivity contribution in [3.63, 3.8) is 0 Å². The van der Waals surface area contributed by atoms with E-state index in [4.69, 9.17) is 5.73 Å². The number of nitrogens with zero attached hydrogens (tertiary/aromatic N) is 2. The van der Waals surface area contributed by atoms with E-state index in [1.807, 2.05) is 42.1 Å². The van der Waals surface area contributed by atoms with E-state index in [1.54, 1.807) is 13.1 Å². The summed E-state index contributed by atoms with van der Waals surface area (Å²) in [6.07, 6.45) is 4.45. The number of guanidine groups is 1. The molecule has 98 valence electrons. The van der Waals surface area contributed by atoms with Crippen LogP contribution in [0.1, 0.15) is 5.56 Å². The number of aromatic nitrogens is 1. The molecule has 0 radical (unpaired) electrons. The van der Waals surface area contributed by atoms with Crippen molar-refractivity contribution >= 4 is 29.2 Å². The number of hydrogen-bond acceptors (Lipinski definition) is 2. The van der Waals surface area contributed by atoms with Crippen molar-refractivity contribution in [3.8, 4) is 0 Å². The molecule has 2 aromatic rings. The Kier molecular flexibility index (Phi) is 3.66. The molecule has 0 aliphatic heterocycles. The van der Waals surface area contributed by atoms with Crippen LogP contribution < -0.4 is 11.1 Å². The van der Waals surface area contributed by atoms with Gasteiger partial charge in [-0.2, -0.15) is 0 Å². The number of allylic oxidation sites excluding steroid dienone is 1. The average molecular weight is 256 g/mol. The molecule has 0 saturated carbocycles. The normalized spacial score (nSPS) is 12.7. The lowest BCUT2D eigenvalue weighted by Crippen LogP contribution is -2.31. The molecule has 0 spiro atoms. The lowest BCUT2D eigenvalue weighted by atomic mass is 10.1. The number of carbonyl (C=O) groups is 1. The van der Waals surface area contributed by atoms with Gasteiger partial charge in [-0.05, 0) is 29.8 Å². The van der Waals surface area contributed by atoms with Gasteiger partial charge in [-0.15, -0.1) is 0 Å². The predicted octanol–water partition coefficient (Wildman–Crippen LogP) is 1.25. The third kappa shape index (κ3) is 2.82. The standard InChI is InChI=1S/C14H16N4O/c1-16-14(15)17-12(9-19)8-10-3-4-13-11(7-10)5-6-18(13)2/h3-9H,1-2H3,(H3,15,16,17)/b12-8-. The van der Waals surface area contributed by atoms with E-state index in [9.17, 15) is 4.79 Å². The van der Waals surface area contributed by atoms with Gasteiger partial charge in [0.25, 0.3) is 0 Å². The van der Waals surface area contributed by atoms with Crippen molar-refractivity contribution in [2.24, 2.45) is 17.8 Å². The molecule has 5 nitrogen and oxygen atoms in total. The van der Waals surface area contributed by atoms with Gasteiger partial charge in [-0.1, -0.05) is 6.07 Å². The topological polar surface area (TPSA) is 72.4 Å². The third-order valence-corrected chi connectivity index (χ3v) is 2.87. The van der Waals surface area contributed by atoms with E-state index in [0.29, 0.717) is 12.0 Å². The summed E-state index contributed by atoms with van der Waals surface area (Å²) in [6.45, 7) is 0.